The molecule has 0 heterocycles. The first kappa shape index (κ1) is 37.0. The number of carbonyl (C=O) groups excluding carboxylic acids is 4. The Hall–Kier alpha value is -3.02. The van der Waals surface area contributed by atoms with E-state index in [4.69, 9.17) is 43.4 Å². The first-order valence-corrected chi connectivity index (χ1v) is 14.9. The highest BCUT2D eigenvalue weighted by atomic mass is 32.2. The lowest BCUT2D eigenvalue weighted by molar-refractivity contribution is -0.149. The lowest BCUT2D eigenvalue weighted by Gasteiger charge is -2.13. The lowest BCUT2D eigenvalue weighted by Crippen LogP contribution is -2.26. The minimum atomic E-state index is -1.16. The third-order valence-corrected chi connectivity index (χ3v) is 6.80. The molecule has 0 aliphatic heterocycles. The number of anilines is 2. The summed E-state index contributed by atoms with van der Waals surface area (Å²) in [5.74, 6) is -2.70. The number of thioether (sulfide) groups is 2. The van der Waals surface area contributed by atoms with Crippen molar-refractivity contribution >= 4 is 91.9 Å². The zero-order valence-corrected chi connectivity index (χ0v) is 26.2. The van der Waals surface area contributed by atoms with Crippen molar-refractivity contribution in [3.8, 4) is 0 Å². The molecular weight excluding hydrogens is 629 g/mol. The Morgan fingerprint density at radius 1 is 0.714 bits per heavy atom. The molecule has 42 heavy (non-hydrogen) atoms. The summed E-state index contributed by atoms with van der Waals surface area (Å²) in [6.07, 6.45) is -2.32. The van der Waals surface area contributed by atoms with E-state index in [1.807, 2.05) is 0 Å². The maximum Gasteiger partial charge on any atom is 0.333 e. The van der Waals surface area contributed by atoms with Crippen LogP contribution < -0.4 is 10.6 Å². The maximum absolute atomic E-state index is 11.9. The average Bonchev–Trinajstić information content (AvgIpc) is 2.94. The Balaban J connectivity index is 2.28. The number of benzene rings is 1. The second-order valence-electron chi connectivity index (χ2n) is 8.41. The van der Waals surface area contributed by atoms with Crippen LogP contribution in [-0.4, -0.2) is 92.9 Å². The van der Waals surface area contributed by atoms with E-state index in [0.29, 0.717) is 20.0 Å². The minimum Gasteiger partial charge on any atom is -0.462 e. The Kier molecular flexibility index (Phi) is 17.6. The van der Waals surface area contributed by atoms with E-state index in [2.05, 4.69) is 23.8 Å². The van der Waals surface area contributed by atoms with Crippen molar-refractivity contribution in [3.05, 3.63) is 48.6 Å². The Bertz CT molecular complexity index is 1070. The fourth-order valence-electron chi connectivity index (χ4n) is 2.34. The lowest BCUT2D eigenvalue weighted by atomic mass is 10.3. The van der Waals surface area contributed by atoms with Crippen molar-refractivity contribution in [3.63, 3.8) is 0 Å². The van der Waals surface area contributed by atoms with Gasteiger partial charge in [0.05, 0.1) is 11.5 Å². The number of esters is 4. The highest BCUT2D eigenvalue weighted by molar-refractivity contribution is 8.24. The molecule has 0 bridgehead atoms. The molecule has 0 saturated carbocycles. The molecule has 0 amide bonds. The number of rotatable bonds is 16. The molecule has 0 aliphatic carbocycles. The standard InChI is InChI=1S/C26H32N2O10S4/c1-15(2)23(33)37-11-19(29)9-35-21(31)13-41-25(39)27-17-5-7-18(8-6-17)28-26(40)42-14-22(32)36-10-20(30)12-38-24(34)16(3)4/h5-8,19-20,29-30H,1,3,9-14H2,2,4H3,(H,27,39)(H,28,40). The number of ether oxygens (including phenoxy) is 4. The van der Waals surface area contributed by atoms with Crippen molar-refractivity contribution in [2.75, 3.05) is 48.6 Å². The molecule has 230 valence electrons. The van der Waals surface area contributed by atoms with Crippen molar-refractivity contribution in [1.29, 1.82) is 0 Å². The molecule has 16 heteroatoms. The van der Waals surface area contributed by atoms with Crippen LogP contribution in [0.5, 0.6) is 0 Å². The highest BCUT2D eigenvalue weighted by Gasteiger charge is 2.15. The van der Waals surface area contributed by atoms with E-state index in [1.54, 1.807) is 24.3 Å². The summed E-state index contributed by atoms with van der Waals surface area (Å²) in [5.41, 5.74) is 1.68. The minimum absolute atomic E-state index is 0.0981. The largest absolute Gasteiger partial charge is 0.462 e. The van der Waals surface area contributed by atoms with Crippen LogP contribution in [-0.2, 0) is 38.1 Å². The Morgan fingerprint density at radius 3 is 1.33 bits per heavy atom. The second kappa shape index (κ2) is 20.0. The Morgan fingerprint density at radius 2 is 1.02 bits per heavy atom. The van der Waals surface area contributed by atoms with Crippen LogP contribution in [0.2, 0.25) is 0 Å². The number of nitrogens with one attached hydrogen (secondary N) is 2. The van der Waals surface area contributed by atoms with E-state index in [-0.39, 0.29) is 49.1 Å². The molecule has 1 rings (SSSR count). The number of hydrogen-bond donors (Lipinski definition) is 4. The molecule has 0 saturated heterocycles. The fraction of sp³-hybridized carbons (Fsp3) is 0.385. The van der Waals surface area contributed by atoms with E-state index >= 15 is 0 Å². The molecule has 1 aromatic rings. The van der Waals surface area contributed by atoms with Gasteiger partial charge < -0.3 is 39.8 Å². The van der Waals surface area contributed by atoms with Crippen LogP contribution in [0.4, 0.5) is 11.4 Å². The van der Waals surface area contributed by atoms with Gasteiger partial charge in [0, 0.05) is 22.5 Å². The van der Waals surface area contributed by atoms with E-state index < -0.39 is 36.1 Å². The van der Waals surface area contributed by atoms with Crippen LogP contribution in [0.1, 0.15) is 13.8 Å². The third-order valence-electron chi connectivity index (χ3n) is 4.40. The number of carbonyl (C=O) groups is 4. The highest BCUT2D eigenvalue weighted by Crippen LogP contribution is 2.18. The smallest absolute Gasteiger partial charge is 0.333 e. The molecule has 0 aromatic heterocycles. The summed E-state index contributed by atoms with van der Waals surface area (Å²) in [4.78, 5) is 46.4. The monoisotopic (exact) mass is 660 g/mol. The van der Waals surface area contributed by atoms with Gasteiger partial charge in [0.2, 0.25) is 0 Å². The SMILES string of the molecule is C=C(C)C(=O)OCC(O)COC(=O)CSC(=S)Nc1ccc(NC(=S)SCC(=O)OCC(O)COC(=O)C(=C)C)cc1. The number of aliphatic hydroxyl groups excluding tert-OH is 2. The van der Waals surface area contributed by atoms with Gasteiger partial charge in [-0.1, -0.05) is 61.1 Å². The predicted molar refractivity (Wildman–Crippen MR) is 169 cm³/mol. The normalized spacial score (nSPS) is 11.7. The average molecular weight is 661 g/mol. The van der Waals surface area contributed by atoms with Crippen LogP contribution in [0.25, 0.3) is 0 Å². The van der Waals surface area contributed by atoms with E-state index in [9.17, 15) is 29.4 Å². The van der Waals surface area contributed by atoms with Crippen LogP contribution >= 0.6 is 48.0 Å². The van der Waals surface area contributed by atoms with Gasteiger partial charge in [0.25, 0.3) is 0 Å². The topological polar surface area (TPSA) is 170 Å². The number of hydrogen-bond acceptors (Lipinski definition) is 14. The fourth-order valence-corrected chi connectivity index (χ4v) is 3.98. The first-order valence-electron chi connectivity index (χ1n) is 12.1. The molecule has 12 nitrogen and oxygen atoms in total. The molecule has 4 N–H and O–H groups in total. The zero-order valence-electron chi connectivity index (χ0n) is 22.9. The maximum atomic E-state index is 11.9. The van der Waals surface area contributed by atoms with Gasteiger partial charge in [-0.05, 0) is 38.1 Å². The number of thiocarbonyl (C=S) groups is 2. The molecule has 2 unspecified atom stereocenters. The van der Waals surface area contributed by atoms with Gasteiger partial charge in [0.15, 0.2) is 0 Å². The van der Waals surface area contributed by atoms with Crippen LogP contribution in [0, 0.1) is 0 Å². The molecule has 0 aliphatic rings. The van der Waals surface area contributed by atoms with Gasteiger partial charge in [-0.2, -0.15) is 0 Å². The quantitative estimate of drug-likeness (QED) is 0.0882. The summed E-state index contributed by atoms with van der Waals surface area (Å²) < 4.78 is 20.1. The van der Waals surface area contributed by atoms with E-state index in [1.165, 1.54) is 13.8 Å². The first-order chi connectivity index (χ1) is 19.8. The third kappa shape index (κ3) is 17.1. The summed E-state index contributed by atoms with van der Waals surface area (Å²) in [6.45, 7) is 8.47. The van der Waals surface area contributed by atoms with Gasteiger partial charge in [-0.15, -0.1) is 0 Å². The van der Waals surface area contributed by atoms with Crippen molar-refractivity contribution in [1.82, 2.24) is 0 Å². The van der Waals surface area contributed by atoms with Gasteiger partial charge in [-0.25, -0.2) is 9.59 Å². The zero-order chi connectivity index (χ0) is 31.7. The van der Waals surface area contributed by atoms with Crippen LogP contribution in [0.15, 0.2) is 48.6 Å². The van der Waals surface area contributed by atoms with Crippen molar-refractivity contribution in [2.45, 2.75) is 26.1 Å². The van der Waals surface area contributed by atoms with E-state index in [0.717, 1.165) is 23.5 Å². The molecule has 0 fully saturated rings. The number of aliphatic hydroxyl groups is 2. The predicted octanol–water partition coefficient (Wildman–Crippen LogP) is 2.59. The van der Waals surface area contributed by atoms with Crippen LogP contribution in [0.3, 0.4) is 0 Å². The summed E-state index contributed by atoms with van der Waals surface area (Å²) in [5, 5.41) is 25.4. The van der Waals surface area contributed by atoms with Crippen molar-refractivity contribution in [2.24, 2.45) is 0 Å². The summed E-state index contributed by atoms with van der Waals surface area (Å²) >= 11 is 12.5. The molecule has 2 atom stereocenters. The summed E-state index contributed by atoms with van der Waals surface area (Å²) in [6, 6.07) is 6.89. The van der Waals surface area contributed by atoms with Gasteiger partial charge in [-0.3, -0.25) is 9.59 Å². The molecule has 0 spiro atoms. The van der Waals surface area contributed by atoms with Gasteiger partial charge >= 0.3 is 23.9 Å². The molecule has 0 radical (unpaired) electrons. The summed E-state index contributed by atoms with van der Waals surface area (Å²) in [7, 11) is 0. The molecular formula is C26H32N2O10S4. The van der Waals surface area contributed by atoms with Crippen molar-refractivity contribution < 1.29 is 48.3 Å². The second-order valence-corrected chi connectivity index (χ2v) is 11.7. The molecule has 1 aromatic carbocycles. The Labute approximate surface area is 262 Å². The van der Waals surface area contributed by atoms with Gasteiger partial charge in [0.1, 0.15) is 47.3 Å².